The Hall–Kier alpha value is -3.53. The minimum absolute atomic E-state index is 0.0653. The van der Waals surface area contributed by atoms with Crippen LogP contribution in [-0.4, -0.2) is 48.5 Å². The average molecular weight is 476 g/mol. The highest BCUT2D eigenvalue weighted by Crippen LogP contribution is 2.29. The van der Waals surface area contributed by atoms with Crippen molar-refractivity contribution in [3.8, 4) is 17.6 Å². The van der Waals surface area contributed by atoms with Crippen molar-refractivity contribution in [3.05, 3.63) is 94.5 Å². The third kappa shape index (κ3) is 6.50. The molecule has 4 rings (SSSR count). The maximum atomic E-state index is 12.8. The molecule has 0 spiro atoms. The third-order valence-electron chi connectivity index (χ3n) is 5.71. The van der Waals surface area contributed by atoms with Gasteiger partial charge in [-0.25, -0.2) is 0 Å². The molecule has 1 aliphatic heterocycles. The first kappa shape index (κ1) is 23.6. The van der Waals surface area contributed by atoms with Crippen LogP contribution in [0.1, 0.15) is 16.7 Å². The zero-order valence-electron chi connectivity index (χ0n) is 18.8. The summed E-state index contributed by atoms with van der Waals surface area (Å²) in [6, 6.07) is 24.7. The standard InChI is InChI=1S/C27H26ClN3O3/c28-24-9-6-21(7-10-24)18-30-12-14-31(15-13-30)27(32)20-34-25-11-8-23(17-29)16-26(25)33-19-22-4-2-1-3-5-22/h1-11,16H,12-15,18-20H2. The highest BCUT2D eigenvalue weighted by Gasteiger charge is 2.22. The Morgan fingerprint density at radius 2 is 1.62 bits per heavy atom. The second-order valence-corrected chi connectivity index (χ2v) is 8.56. The van der Waals surface area contributed by atoms with E-state index in [1.165, 1.54) is 5.56 Å². The van der Waals surface area contributed by atoms with Crippen molar-refractivity contribution in [2.75, 3.05) is 32.8 Å². The van der Waals surface area contributed by atoms with E-state index in [9.17, 15) is 10.1 Å². The number of ether oxygens (including phenoxy) is 2. The van der Waals surface area contributed by atoms with Crippen LogP contribution in [0.25, 0.3) is 0 Å². The van der Waals surface area contributed by atoms with Gasteiger partial charge in [0.15, 0.2) is 18.1 Å². The third-order valence-corrected chi connectivity index (χ3v) is 5.96. The largest absolute Gasteiger partial charge is 0.485 e. The summed E-state index contributed by atoms with van der Waals surface area (Å²) in [5.41, 5.74) is 2.68. The molecule has 0 unspecified atom stereocenters. The molecule has 0 aliphatic carbocycles. The van der Waals surface area contributed by atoms with Gasteiger partial charge in [0.05, 0.1) is 11.6 Å². The summed E-state index contributed by atoms with van der Waals surface area (Å²) < 4.78 is 11.7. The van der Waals surface area contributed by atoms with Crippen LogP contribution in [0.15, 0.2) is 72.8 Å². The maximum Gasteiger partial charge on any atom is 0.260 e. The molecular weight excluding hydrogens is 450 g/mol. The summed E-state index contributed by atoms with van der Waals surface area (Å²) in [5.74, 6) is 0.831. The van der Waals surface area contributed by atoms with Gasteiger partial charge < -0.3 is 14.4 Å². The van der Waals surface area contributed by atoms with Crippen LogP contribution in [0.4, 0.5) is 0 Å². The van der Waals surface area contributed by atoms with E-state index < -0.39 is 0 Å². The molecule has 0 atom stereocenters. The first-order valence-corrected chi connectivity index (χ1v) is 11.6. The molecule has 34 heavy (non-hydrogen) atoms. The van der Waals surface area contributed by atoms with Crippen LogP contribution in [0.3, 0.4) is 0 Å². The van der Waals surface area contributed by atoms with Gasteiger partial charge in [-0.15, -0.1) is 0 Å². The van der Waals surface area contributed by atoms with E-state index in [4.69, 9.17) is 21.1 Å². The minimum atomic E-state index is -0.0786. The maximum absolute atomic E-state index is 12.8. The minimum Gasteiger partial charge on any atom is -0.485 e. The number of benzene rings is 3. The smallest absolute Gasteiger partial charge is 0.260 e. The molecule has 0 radical (unpaired) electrons. The zero-order chi connectivity index (χ0) is 23.8. The first-order valence-electron chi connectivity index (χ1n) is 11.2. The topological polar surface area (TPSA) is 65.8 Å². The van der Waals surface area contributed by atoms with Crippen molar-refractivity contribution in [2.24, 2.45) is 0 Å². The van der Waals surface area contributed by atoms with Crippen molar-refractivity contribution in [2.45, 2.75) is 13.2 Å². The van der Waals surface area contributed by atoms with Crippen molar-refractivity contribution >= 4 is 17.5 Å². The van der Waals surface area contributed by atoms with Crippen LogP contribution in [-0.2, 0) is 17.9 Å². The van der Waals surface area contributed by atoms with Gasteiger partial charge in [-0.05, 0) is 35.4 Å². The molecule has 0 saturated carbocycles. The van der Waals surface area contributed by atoms with Gasteiger partial charge in [0, 0.05) is 43.8 Å². The number of hydrogen-bond acceptors (Lipinski definition) is 5. The van der Waals surface area contributed by atoms with E-state index in [2.05, 4.69) is 11.0 Å². The number of nitriles is 1. The molecule has 1 aliphatic rings. The van der Waals surface area contributed by atoms with Gasteiger partial charge in [0.2, 0.25) is 0 Å². The fourth-order valence-corrected chi connectivity index (χ4v) is 3.91. The SMILES string of the molecule is N#Cc1ccc(OCC(=O)N2CCN(Cc3ccc(Cl)cc3)CC2)c(OCc2ccccc2)c1. The lowest BCUT2D eigenvalue weighted by Gasteiger charge is -2.34. The van der Waals surface area contributed by atoms with E-state index in [0.717, 1.165) is 30.2 Å². The predicted octanol–water partition coefficient (Wildman–Crippen LogP) is 4.51. The zero-order valence-corrected chi connectivity index (χ0v) is 19.6. The lowest BCUT2D eigenvalue weighted by atomic mass is 10.2. The van der Waals surface area contributed by atoms with Crippen LogP contribution in [0.2, 0.25) is 5.02 Å². The van der Waals surface area contributed by atoms with Crippen molar-refractivity contribution in [1.29, 1.82) is 5.26 Å². The number of hydrogen-bond donors (Lipinski definition) is 0. The summed E-state index contributed by atoms with van der Waals surface area (Å²) >= 11 is 5.96. The molecule has 1 heterocycles. The lowest BCUT2D eigenvalue weighted by molar-refractivity contribution is -0.135. The first-order chi connectivity index (χ1) is 16.6. The Morgan fingerprint density at radius 3 is 2.32 bits per heavy atom. The molecule has 0 bridgehead atoms. The molecule has 1 fully saturated rings. The van der Waals surface area contributed by atoms with Crippen LogP contribution in [0, 0.1) is 11.3 Å². The Morgan fingerprint density at radius 1 is 0.882 bits per heavy atom. The summed E-state index contributed by atoms with van der Waals surface area (Å²) in [6.45, 7) is 4.01. The summed E-state index contributed by atoms with van der Waals surface area (Å²) in [6.07, 6.45) is 0. The fourth-order valence-electron chi connectivity index (χ4n) is 3.78. The second kappa shape index (κ2) is 11.6. The molecule has 7 heteroatoms. The van der Waals surface area contributed by atoms with E-state index in [0.29, 0.717) is 36.8 Å². The monoisotopic (exact) mass is 475 g/mol. The van der Waals surface area contributed by atoms with E-state index in [1.807, 2.05) is 59.5 Å². The van der Waals surface area contributed by atoms with Gasteiger partial charge in [-0.3, -0.25) is 9.69 Å². The summed E-state index contributed by atoms with van der Waals surface area (Å²) in [7, 11) is 0. The number of rotatable bonds is 8. The Kier molecular flexibility index (Phi) is 8.03. The number of nitrogens with zero attached hydrogens (tertiary/aromatic N) is 3. The Labute approximate surface area is 204 Å². The molecule has 0 aromatic heterocycles. The lowest BCUT2D eigenvalue weighted by Crippen LogP contribution is -2.49. The van der Waals surface area contributed by atoms with E-state index in [1.54, 1.807) is 18.2 Å². The average Bonchev–Trinajstić information content (AvgIpc) is 2.88. The van der Waals surface area contributed by atoms with Gasteiger partial charge >= 0.3 is 0 Å². The van der Waals surface area contributed by atoms with Crippen molar-refractivity contribution in [3.63, 3.8) is 0 Å². The second-order valence-electron chi connectivity index (χ2n) is 8.12. The fraction of sp³-hybridized carbons (Fsp3) is 0.259. The Balaban J connectivity index is 1.29. The van der Waals surface area contributed by atoms with Gasteiger partial charge in [0.25, 0.3) is 5.91 Å². The number of carbonyl (C=O) groups is 1. The van der Waals surface area contributed by atoms with Crippen LogP contribution < -0.4 is 9.47 Å². The Bertz CT molecular complexity index is 1140. The van der Waals surface area contributed by atoms with Gasteiger partial charge in [-0.2, -0.15) is 5.26 Å². The highest BCUT2D eigenvalue weighted by molar-refractivity contribution is 6.30. The molecule has 1 amide bonds. The number of halogens is 1. The van der Waals surface area contributed by atoms with Crippen LogP contribution >= 0.6 is 11.6 Å². The molecule has 174 valence electrons. The van der Waals surface area contributed by atoms with E-state index in [-0.39, 0.29) is 12.5 Å². The number of piperazine rings is 1. The predicted molar refractivity (Wildman–Crippen MR) is 131 cm³/mol. The molecule has 3 aromatic rings. The molecule has 0 N–H and O–H groups in total. The quantitative estimate of drug-likeness (QED) is 0.479. The molecular formula is C27H26ClN3O3. The molecule has 3 aromatic carbocycles. The van der Waals surface area contributed by atoms with Crippen molar-refractivity contribution < 1.29 is 14.3 Å². The highest BCUT2D eigenvalue weighted by atomic mass is 35.5. The van der Waals surface area contributed by atoms with E-state index >= 15 is 0 Å². The summed E-state index contributed by atoms with van der Waals surface area (Å²) in [4.78, 5) is 16.9. The normalized spacial score (nSPS) is 13.8. The summed E-state index contributed by atoms with van der Waals surface area (Å²) in [5, 5.41) is 9.97. The number of amides is 1. The molecule has 6 nitrogen and oxygen atoms in total. The number of carbonyl (C=O) groups excluding carboxylic acids is 1. The van der Waals surface area contributed by atoms with Gasteiger partial charge in [-0.1, -0.05) is 54.1 Å². The molecule has 1 saturated heterocycles. The van der Waals surface area contributed by atoms with Crippen LogP contribution in [0.5, 0.6) is 11.5 Å². The van der Waals surface area contributed by atoms with Gasteiger partial charge in [0.1, 0.15) is 6.61 Å². The van der Waals surface area contributed by atoms with Crippen molar-refractivity contribution in [1.82, 2.24) is 9.80 Å².